The molecule has 1 saturated heterocycles. The summed E-state index contributed by atoms with van der Waals surface area (Å²) in [5.74, 6) is 0.402. The van der Waals surface area contributed by atoms with Crippen molar-refractivity contribution in [3.8, 4) is 0 Å². The van der Waals surface area contributed by atoms with Gasteiger partial charge in [-0.25, -0.2) is 4.98 Å². The number of para-hydroxylation sites is 1. The maximum Gasteiger partial charge on any atom is 0.262 e. The molecule has 1 amide bonds. The second-order valence-electron chi connectivity index (χ2n) is 6.83. The SMILES string of the molecule is C=CCn1c(SCC(=O)N2[C@H](C)CCC[C@H]2C)nc2ccccc2c1=O. The number of allylic oxidation sites excluding steroid dienone is 1. The van der Waals surface area contributed by atoms with E-state index in [1.807, 2.05) is 23.1 Å². The Morgan fingerprint density at radius 2 is 2.00 bits per heavy atom. The van der Waals surface area contributed by atoms with Crippen LogP contribution in [0.1, 0.15) is 33.1 Å². The van der Waals surface area contributed by atoms with Crippen molar-refractivity contribution in [2.24, 2.45) is 0 Å². The largest absolute Gasteiger partial charge is 0.337 e. The smallest absolute Gasteiger partial charge is 0.262 e. The zero-order chi connectivity index (χ0) is 18.7. The van der Waals surface area contributed by atoms with Gasteiger partial charge in [0.1, 0.15) is 0 Å². The molecule has 1 aliphatic rings. The molecule has 0 unspecified atom stereocenters. The molecule has 138 valence electrons. The zero-order valence-electron chi connectivity index (χ0n) is 15.4. The van der Waals surface area contributed by atoms with E-state index in [1.54, 1.807) is 16.7 Å². The van der Waals surface area contributed by atoms with Crippen LogP contribution in [0, 0.1) is 0 Å². The van der Waals surface area contributed by atoms with Gasteiger partial charge in [0, 0.05) is 18.6 Å². The lowest BCUT2D eigenvalue weighted by Crippen LogP contribution is -2.48. The second kappa shape index (κ2) is 8.08. The topological polar surface area (TPSA) is 55.2 Å². The molecule has 1 aromatic heterocycles. The molecule has 0 spiro atoms. The third-order valence-electron chi connectivity index (χ3n) is 4.94. The van der Waals surface area contributed by atoms with E-state index in [9.17, 15) is 9.59 Å². The van der Waals surface area contributed by atoms with Crippen LogP contribution in [-0.4, -0.2) is 38.2 Å². The summed E-state index contributed by atoms with van der Waals surface area (Å²) < 4.78 is 1.59. The Morgan fingerprint density at radius 3 is 2.69 bits per heavy atom. The normalized spacial score (nSPS) is 20.3. The predicted octanol–water partition coefficient (Wildman–Crippen LogP) is 3.46. The van der Waals surface area contributed by atoms with Gasteiger partial charge >= 0.3 is 0 Å². The number of carbonyl (C=O) groups excluding carboxylic acids is 1. The van der Waals surface area contributed by atoms with Crippen molar-refractivity contribution in [2.75, 3.05) is 5.75 Å². The lowest BCUT2D eigenvalue weighted by atomic mass is 9.98. The van der Waals surface area contributed by atoms with Gasteiger partial charge in [-0.1, -0.05) is 30.0 Å². The summed E-state index contributed by atoms with van der Waals surface area (Å²) in [6.07, 6.45) is 4.95. The molecule has 1 fully saturated rings. The molecule has 1 aromatic carbocycles. The highest BCUT2D eigenvalue weighted by atomic mass is 32.2. The van der Waals surface area contributed by atoms with Gasteiger partial charge in [0.15, 0.2) is 5.16 Å². The van der Waals surface area contributed by atoms with Gasteiger partial charge < -0.3 is 4.90 Å². The minimum absolute atomic E-state index is 0.0924. The maximum absolute atomic E-state index is 12.8. The number of likely N-dealkylation sites (tertiary alicyclic amines) is 1. The van der Waals surface area contributed by atoms with E-state index >= 15 is 0 Å². The molecular weight excluding hydrogens is 346 g/mol. The van der Waals surface area contributed by atoms with Gasteiger partial charge in [-0.15, -0.1) is 6.58 Å². The molecule has 2 aromatic rings. The molecule has 5 nitrogen and oxygen atoms in total. The predicted molar refractivity (Wildman–Crippen MR) is 107 cm³/mol. The lowest BCUT2D eigenvalue weighted by molar-refractivity contribution is -0.134. The van der Waals surface area contributed by atoms with Gasteiger partial charge in [0.2, 0.25) is 5.91 Å². The maximum atomic E-state index is 12.8. The zero-order valence-corrected chi connectivity index (χ0v) is 16.2. The molecule has 6 heteroatoms. The Balaban J connectivity index is 1.86. The van der Waals surface area contributed by atoms with Gasteiger partial charge in [-0.3, -0.25) is 14.2 Å². The number of piperidine rings is 1. The molecule has 1 aliphatic heterocycles. The van der Waals surface area contributed by atoms with E-state index in [1.165, 1.54) is 18.2 Å². The van der Waals surface area contributed by atoms with Gasteiger partial charge in [0.25, 0.3) is 5.56 Å². The summed E-state index contributed by atoms with van der Waals surface area (Å²) in [5, 5.41) is 1.16. The second-order valence-corrected chi connectivity index (χ2v) is 7.78. The average molecular weight is 372 g/mol. The Kier molecular flexibility index (Phi) is 5.81. The lowest BCUT2D eigenvalue weighted by Gasteiger charge is -2.39. The van der Waals surface area contributed by atoms with Crippen LogP contribution in [0.15, 0.2) is 46.9 Å². The van der Waals surface area contributed by atoms with E-state index in [-0.39, 0.29) is 29.3 Å². The molecule has 0 aliphatic carbocycles. The minimum Gasteiger partial charge on any atom is -0.337 e. The highest BCUT2D eigenvalue weighted by Gasteiger charge is 2.29. The highest BCUT2D eigenvalue weighted by Crippen LogP contribution is 2.25. The molecule has 3 rings (SSSR count). The quantitative estimate of drug-likeness (QED) is 0.459. The van der Waals surface area contributed by atoms with Crippen LogP contribution in [0.25, 0.3) is 10.9 Å². The molecule has 0 N–H and O–H groups in total. The molecule has 0 bridgehead atoms. The number of amides is 1. The Bertz CT molecular complexity index is 867. The number of thioether (sulfide) groups is 1. The first-order valence-electron chi connectivity index (χ1n) is 9.07. The molecule has 0 saturated carbocycles. The number of fused-ring (bicyclic) bond motifs is 1. The number of benzene rings is 1. The van der Waals surface area contributed by atoms with E-state index in [2.05, 4.69) is 25.4 Å². The summed E-state index contributed by atoms with van der Waals surface area (Å²) in [7, 11) is 0. The van der Waals surface area contributed by atoms with E-state index in [0.717, 1.165) is 12.8 Å². The Labute approximate surface area is 158 Å². The van der Waals surface area contributed by atoms with Crippen LogP contribution in [0.4, 0.5) is 0 Å². The van der Waals surface area contributed by atoms with E-state index in [4.69, 9.17) is 0 Å². The first-order valence-corrected chi connectivity index (χ1v) is 10.1. The minimum atomic E-state index is -0.0924. The Hall–Kier alpha value is -2.08. The molecular formula is C20H25N3O2S. The van der Waals surface area contributed by atoms with Crippen molar-refractivity contribution < 1.29 is 4.79 Å². The highest BCUT2D eigenvalue weighted by molar-refractivity contribution is 7.99. The fourth-order valence-electron chi connectivity index (χ4n) is 3.66. The average Bonchev–Trinajstić information content (AvgIpc) is 2.62. The number of hydrogen-bond acceptors (Lipinski definition) is 4. The summed E-state index contributed by atoms with van der Waals surface area (Å²) >= 11 is 1.33. The van der Waals surface area contributed by atoms with Crippen molar-refractivity contribution in [1.82, 2.24) is 14.5 Å². The van der Waals surface area contributed by atoms with Crippen LogP contribution in [0.2, 0.25) is 0 Å². The van der Waals surface area contributed by atoms with Crippen molar-refractivity contribution >= 4 is 28.6 Å². The van der Waals surface area contributed by atoms with Gasteiger partial charge in [0.05, 0.1) is 16.7 Å². The van der Waals surface area contributed by atoms with Gasteiger partial charge in [-0.2, -0.15) is 0 Å². The Morgan fingerprint density at radius 1 is 1.31 bits per heavy atom. The summed E-state index contributed by atoms with van der Waals surface area (Å²) in [6.45, 7) is 8.34. The summed E-state index contributed by atoms with van der Waals surface area (Å²) in [6, 6.07) is 7.84. The number of hydrogen-bond donors (Lipinski definition) is 0. The molecule has 26 heavy (non-hydrogen) atoms. The van der Waals surface area contributed by atoms with Crippen molar-refractivity contribution in [3.63, 3.8) is 0 Å². The van der Waals surface area contributed by atoms with Crippen molar-refractivity contribution in [1.29, 1.82) is 0 Å². The monoisotopic (exact) mass is 371 g/mol. The first kappa shape index (κ1) is 18.7. The van der Waals surface area contributed by atoms with Crippen LogP contribution in [-0.2, 0) is 11.3 Å². The van der Waals surface area contributed by atoms with Crippen LogP contribution in [0.5, 0.6) is 0 Å². The fourth-order valence-corrected chi connectivity index (χ4v) is 4.54. The number of aromatic nitrogens is 2. The number of carbonyl (C=O) groups is 1. The molecule has 0 radical (unpaired) electrons. The summed E-state index contributed by atoms with van der Waals surface area (Å²) in [5.41, 5.74) is 0.567. The molecule has 2 heterocycles. The van der Waals surface area contributed by atoms with Gasteiger partial charge in [-0.05, 0) is 45.2 Å². The van der Waals surface area contributed by atoms with E-state index < -0.39 is 0 Å². The third kappa shape index (κ3) is 3.70. The fraction of sp³-hybridized carbons (Fsp3) is 0.450. The van der Waals surface area contributed by atoms with E-state index in [0.29, 0.717) is 22.6 Å². The van der Waals surface area contributed by atoms with Crippen LogP contribution < -0.4 is 5.56 Å². The number of nitrogens with zero attached hydrogens (tertiary/aromatic N) is 3. The van der Waals surface area contributed by atoms with Crippen LogP contribution >= 0.6 is 11.8 Å². The molecule has 2 atom stereocenters. The van der Waals surface area contributed by atoms with Crippen molar-refractivity contribution in [2.45, 2.75) is 56.9 Å². The standard InChI is InChI=1S/C20H25N3O2S/c1-4-12-22-19(25)16-10-5-6-11-17(16)21-20(22)26-13-18(24)23-14(2)8-7-9-15(23)3/h4-6,10-11,14-15H,1,7-9,12-13H2,2-3H3/t14-,15-/m1/s1. The van der Waals surface area contributed by atoms with Crippen molar-refractivity contribution in [3.05, 3.63) is 47.3 Å². The third-order valence-corrected chi connectivity index (χ3v) is 5.91. The first-order chi connectivity index (χ1) is 12.5. The number of rotatable bonds is 5. The summed E-state index contributed by atoms with van der Waals surface area (Å²) in [4.78, 5) is 32.1. The van der Waals surface area contributed by atoms with Crippen LogP contribution in [0.3, 0.4) is 0 Å².